The van der Waals surface area contributed by atoms with E-state index in [4.69, 9.17) is 5.73 Å². The van der Waals surface area contributed by atoms with Gasteiger partial charge in [0.1, 0.15) is 5.82 Å². The third-order valence-corrected chi connectivity index (χ3v) is 4.99. The van der Waals surface area contributed by atoms with Crippen LogP contribution in [0.2, 0.25) is 0 Å². The monoisotopic (exact) mass is 352 g/mol. The first-order valence-corrected chi connectivity index (χ1v) is 8.23. The van der Waals surface area contributed by atoms with Crippen molar-refractivity contribution in [1.82, 2.24) is 5.32 Å². The number of rotatable bonds is 6. The highest BCUT2D eigenvalue weighted by Gasteiger charge is 2.26. The molecule has 0 saturated carbocycles. The van der Waals surface area contributed by atoms with Crippen molar-refractivity contribution in [2.24, 2.45) is 11.7 Å². The number of halogens is 2. The number of hydrogen-bond acceptors (Lipinski definition) is 4. The first kappa shape index (κ1) is 20.8. The summed E-state index contributed by atoms with van der Waals surface area (Å²) in [5, 5.41) is 2.70. The summed E-state index contributed by atoms with van der Waals surface area (Å²) < 4.78 is 37.2. The van der Waals surface area contributed by atoms with Gasteiger partial charge in [0.15, 0.2) is 9.84 Å². The van der Waals surface area contributed by atoms with Crippen LogP contribution in [-0.2, 0) is 14.6 Å². The van der Waals surface area contributed by atoms with E-state index in [9.17, 15) is 17.6 Å². The minimum atomic E-state index is -3.64. The number of nitrogens with two attached hydrogens (primary N) is 1. The normalized spacial score (nSPS) is 13.1. The van der Waals surface area contributed by atoms with E-state index < -0.39 is 27.1 Å². The van der Waals surface area contributed by atoms with Gasteiger partial charge in [-0.25, -0.2) is 12.8 Å². The van der Waals surface area contributed by atoms with E-state index in [0.717, 1.165) is 12.1 Å². The number of benzene rings is 1. The topological polar surface area (TPSA) is 89.3 Å². The third-order valence-electron chi connectivity index (χ3n) is 3.06. The predicted molar refractivity (Wildman–Crippen MR) is 86.1 cm³/mol. The summed E-state index contributed by atoms with van der Waals surface area (Å²) in [5.74, 6) is -1.96. The molecule has 1 aromatic rings. The molecule has 126 valence electrons. The van der Waals surface area contributed by atoms with Crippen LogP contribution in [0.4, 0.5) is 4.39 Å². The highest BCUT2D eigenvalue weighted by Crippen LogP contribution is 2.15. The molecular weight excluding hydrogens is 331 g/mol. The Bertz CT molecular complexity index is 603. The summed E-state index contributed by atoms with van der Waals surface area (Å²) in [4.78, 5) is 12.0. The number of carbonyl (C=O) groups excluding carboxylic acids is 1. The fourth-order valence-electron chi connectivity index (χ4n) is 1.65. The van der Waals surface area contributed by atoms with Crippen molar-refractivity contribution < 1.29 is 17.6 Å². The Morgan fingerprint density at radius 3 is 2.27 bits per heavy atom. The van der Waals surface area contributed by atoms with E-state index in [2.05, 4.69) is 5.32 Å². The SMILES string of the molecule is CC(CS(=O)(=O)c1ccc(F)cc1)C(=O)NC(C)(C)CN.Cl. The van der Waals surface area contributed by atoms with Crippen molar-refractivity contribution in [3.05, 3.63) is 30.1 Å². The molecule has 0 aliphatic heterocycles. The number of sulfone groups is 1. The van der Waals surface area contributed by atoms with E-state index in [1.807, 2.05) is 0 Å². The molecule has 0 spiro atoms. The van der Waals surface area contributed by atoms with Crippen LogP contribution >= 0.6 is 12.4 Å². The second-order valence-corrected chi connectivity index (χ2v) is 7.75. The Kier molecular flexibility index (Phi) is 7.47. The first-order chi connectivity index (χ1) is 9.57. The third kappa shape index (κ3) is 5.90. The summed E-state index contributed by atoms with van der Waals surface area (Å²) in [6.45, 7) is 5.29. The Hall–Kier alpha value is -1.18. The van der Waals surface area contributed by atoms with Crippen molar-refractivity contribution in [2.45, 2.75) is 31.2 Å². The van der Waals surface area contributed by atoms with Gasteiger partial charge in [-0.15, -0.1) is 12.4 Å². The maximum absolute atomic E-state index is 12.8. The summed E-state index contributed by atoms with van der Waals surface area (Å²) in [6, 6.07) is 4.54. The Labute approximate surface area is 136 Å². The largest absolute Gasteiger partial charge is 0.350 e. The second-order valence-electron chi connectivity index (χ2n) is 5.71. The molecule has 5 nitrogen and oxygen atoms in total. The zero-order valence-corrected chi connectivity index (χ0v) is 14.4. The lowest BCUT2D eigenvalue weighted by atomic mass is 10.0. The van der Waals surface area contributed by atoms with E-state index in [1.54, 1.807) is 13.8 Å². The average Bonchev–Trinajstić information content (AvgIpc) is 2.38. The maximum Gasteiger partial charge on any atom is 0.224 e. The molecule has 0 saturated heterocycles. The van der Waals surface area contributed by atoms with Crippen LogP contribution in [0, 0.1) is 11.7 Å². The molecule has 1 amide bonds. The van der Waals surface area contributed by atoms with E-state index >= 15 is 0 Å². The molecule has 22 heavy (non-hydrogen) atoms. The lowest BCUT2D eigenvalue weighted by molar-refractivity contribution is -0.125. The highest BCUT2D eigenvalue weighted by atomic mass is 35.5. The zero-order valence-electron chi connectivity index (χ0n) is 12.8. The minimum absolute atomic E-state index is 0. The smallest absolute Gasteiger partial charge is 0.224 e. The van der Waals surface area contributed by atoms with Gasteiger partial charge in [0.2, 0.25) is 5.91 Å². The van der Waals surface area contributed by atoms with E-state index in [-0.39, 0.29) is 35.5 Å². The quantitative estimate of drug-likeness (QED) is 0.759. The van der Waals surface area contributed by atoms with Gasteiger partial charge in [0.05, 0.1) is 10.6 Å². The number of nitrogens with one attached hydrogen (secondary N) is 1. The molecule has 8 heteroatoms. The lowest BCUT2D eigenvalue weighted by Gasteiger charge is -2.26. The molecule has 1 aromatic carbocycles. The molecular formula is C14H22ClFN2O3S. The van der Waals surface area contributed by atoms with Gasteiger partial charge in [-0.05, 0) is 38.1 Å². The highest BCUT2D eigenvalue weighted by molar-refractivity contribution is 7.91. The maximum atomic E-state index is 12.8. The van der Waals surface area contributed by atoms with Crippen LogP contribution in [-0.4, -0.2) is 32.2 Å². The molecule has 0 bridgehead atoms. The van der Waals surface area contributed by atoms with Crippen LogP contribution < -0.4 is 11.1 Å². The molecule has 0 aliphatic rings. The summed E-state index contributed by atoms with van der Waals surface area (Å²) in [6.07, 6.45) is 0. The van der Waals surface area contributed by atoms with Gasteiger partial charge in [-0.3, -0.25) is 4.79 Å². The fourth-order valence-corrected chi connectivity index (χ4v) is 3.20. The molecule has 1 rings (SSSR count). The standard InChI is InChI=1S/C14H21FN2O3S.ClH/c1-10(13(18)17-14(2,3)9-16)8-21(19,20)12-6-4-11(15)5-7-12;/h4-7,10H,8-9,16H2,1-3H3,(H,17,18);1H. The molecule has 1 atom stereocenters. The summed E-state index contributed by atoms with van der Waals surface area (Å²) >= 11 is 0. The van der Waals surface area contributed by atoms with Crippen LogP contribution in [0.3, 0.4) is 0 Å². The van der Waals surface area contributed by atoms with Gasteiger partial charge < -0.3 is 11.1 Å². The van der Waals surface area contributed by atoms with Gasteiger partial charge in [0.25, 0.3) is 0 Å². The van der Waals surface area contributed by atoms with Crippen molar-refractivity contribution in [3.8, 4) is 0 Å². The summed E-state index contributed by atoms with van der Waals surface area (Å²) in [5.41, 5.74) is 4.93. The van der Waals surface area contributed by atoms with Crippen molar-refractivity contribution in [2.75, 3.05) is 12.3 Å². The molecule has 1 unspecified atom stereocenters. The first-order valence-electron chi connectivity index (χ1n) is 6.58. The number of carbonyl (C=O) groups is 1. The van der Waals surface area contributed by atoms with Gasteiger partial charge in [-0.1, -0.05) is 6.92 Å². The van der Waals surface area contributed by atoms with Crippen molar-refractivity contribution in [3.63, 3.8) is 0 Å². The Morgan fingerprint density at radius 1 is 1.32 bits per heavy atom. The van der Waals surface area contributed by atoms with Crippen LogP contribution in [0.25, 0.3) is 0 Å². The van der Waals surface area contributed by atoms with Crippen molar-refractivity contribution in [1.29, 1.82) is 0 Å². The van der Waals surface area contributed by atoms with Crippen molar-refractivity contribution >= 4 is 28.2 Å². The number of amides is 1. The zero-order chi connectivity index (χ0) is 16.3. The molecule has 0 heterocycles. The average molecular weight is 353 g/mol. The van der Waals surface area contributed by atoms with Crippen LogP contribution in [0.5, 0.6) is 0 Å². The molecule has 0 aromatic heterocycles. The van der Waals surface area contributed by atoms with Crippen LogP contribution in [0.1, 0.15) is 20.8 Å². The minimum Gasteiger partial charge on any atom is -0.350 e. The molecule has 0 fully saturated rings. The number of hydrogen-bond donors (Lipinski definition) is 2. The second kappa shape index (κ2) is 7.89. The summed E-state index contributed by atoms with van der Waals surface area (Å²) in [7, 11) is -3.64. The lowest BCUT2D eigenvalue weighted by Crippen LogP contribution is -2.51. The fraction of sp³-hybridized carbons (Fsp3) is 0.500. The van der Waals surface area contributed by atoms with Gasteiger partial charge >= 0.3 is 0 Å². The van der Waals surface area contributed by atoms with Crippen LogP contribution in [0.15, 0.2) is 29.2 Å². The molecule has 3 N–H and O–H groups in total. The van der Waals surface area contributed by atoms with Gasteiger partial charge in [-0.2, -0.15) is 0 Å². The molecule has 0 radical (unpaired) electrons. The van der Waals surface area contributed by atoms with E-state index in [0.29, 0.717) is 0 Å². The van der Waals surface area contributed by atoms with E-state index in [1.165, 1.54) is 19.1 Å². The molecule has 0 aliphatic carbocycles. The van der Waals surface area contributed by atoms with Gasteiger partial charge in [0, 0.05) is 18.0 Å². The Morgan fingerprint density at radius 2 is 1.82 bits per heavy atom. The predicted octanol–water partition coefficient (Wildman–Crippen LogP) is 1.51. The Balaban J connectivity index is 0.00000441.